The summed E-state index contributed by atoms with van der Waals surface area (Å²) in [5.41, 5.74) is 2.18. The predicted molar refractivity (Wildman–Crippen MR) is 65.0 cm³/mol. The molecule has 0 saturated heterocycles. The number of hydrogen-bond acceptors (Lipinski definition) is 3. The molecule has 0 aliphatic rings. The zero-order valence-electron chi connectivity index (χ0n) is 10.8. The first-order chi connectivity index (χ1) is 10.0. The number of halogens is 5. The lowest BCUT2D eigenvalue weighted by Crippen LogP contribution is -2.24. The van der Waals surface area contributed by atoms with Crippen LogP contribution in [0.25, 0.3) is 0 Å². The van der Waals surface area contributed by atoms with Crippen LogP contribution in [-0.4, -0.2) is 23.3 Å². The minimum Gasteiger partial charge on any atom is -0.477 e. The summed E-state index contributed by atoms with van der Waals surface area (Å²) >= 11 is 0. The molecule has 4 nitrogen and oxygen atoms in total. The molecule has 0 saturated carbocycles. The second kappa shape index (κ2) is 6.54. The standard InChI is InChI=1S/C13H10F5NO3/c14-11(15)10(20)9(12(21)22)8(19)5-6-2-1-3-7(4-6)13(16,17)18/h1-4,11H,5,19H2,(H,21,22)/b9-8-. The number of rotatable bonds is 5. The first-order valence-corrected chi connectivity index (χ1v) is 5.74. The predicted octanol–water partition coefficient (Wildman–Crippen LogP) is 2.38. The number of aliphatic carboxylic acids is 1. The highest BCUT2D eigenvalue weighted by Gasteiger charge is 2.31. The Hall–Kier alpha value is -2.45. The summed E-state index contributed by atoms with van der Waals surface area (Å²) in [5, 5.41) is 8.75. The lowest BCUT2D eigenvalue weighted by Gasteiger charge is -2.10. The molecular formula is C13H10F5NO3. The molecule has 0 fully saturated rings. The molecule has 0 atom stereocenters. The maximum Gasteiger partial charge on any atom is 0.416 e. The van der Waals surface area contributed by atoms with Gasteiger partial charge in [-0.2, -0.15) is 13.2 Å². The molecule has 0 aromatic heterocycles. The maximum atomic E-state index is 12.5. The highest BCUT2D eigenvalue weighted by molar-refractivity contribution is 6.18. The average molecular weight is 323 g/mol. The first-order valence-electron chi connectivity index (χ1n) is 5.74. The van der Waals surface area contributed by atoms with Crippen LogP contribution in [0.15, 0.2) is 35.5 Å². The minimum atomic E-state index is -4.62. The zero-order chi connectivity index (χ0) is 17.1. The van der Waals surface area contributed by atoms with E-state index in [9.17, 15) is 31.5 Å². The molecule has 0 bridgehead atoms. The van der Waals surface area contributed by atoms with Crippen LogP contribution in [0.5, 0.6) is 0 Å². The number of hydrogen-bond donors (Lipinski definition) is 2. The Morgan fingerprint density at radius 2 is 1.82 bits per heavy atom. The molecule has 1 aromatic carbocycles. The Balaban J connectivity index is 3.18. The number of carbonyl (C=O) groups excluding carboxylic acids is 1. The number of alkyl halides is 5. The van der Waals surface area contributed by atoms with E-state index in [1.807, 2.05) is 0 Å². The van der Waals surface area contributed by atoms with Crippen LogP contribution in [0.2, 0.25) is 0 Å². The fraction of sp³-hybridized carbons (Fsp3) is 0.231. The molecule has 120 valence electrons. The van der Waals surface area contributed by atoms with Crippen molar-refractivity contribution in [1.82, 2.24) is 0 Å². The number of carbonyl (C=O) groups is 2. The van der Waals surface area contributed by atoms with E-state index in [4.69, 9.17) is 10.8 Å². The van der Waals surface area contributed by atoms with Crippen molar-refractivity contribution in [2.75, 3.05) is 0 Å². The lowest BCUT2D eigenvalue weighted by molar-refractivity contribution is -0.138. The van der Waals surface area contributed by atoms with Gasteiger partial charge in [-0.15, -0.1) is 0 Å². The Bertz CT molecular complexity index is 622. The Morgan fingerprint density at radius 1 is 1.23 bits per heavy atom. The molecule has 0 amide bonds. The van der Waals surface area contributed by atoms with Gasteiger partial charge >= 0.3 is 18.6 Å². The van der Waals surface area contributed by atoms with Gasteiger partial charge in [-0.25, -0.2) is 13.6 Å². The van der Waals surface area contributed by atoms with Crippen LogP contribution in [0, 0.1) is 0 Å². The summed E-state index contributed by atoms with van der Waals surface area (Å²) in [4.78, 5) is 21.9. The van der Waals surface area contributed by atoms with Gasteiger partial charge in [0.2, 0.25) is 5.78 Å². The SMILES string of the molecule is N/C(Cc1cccc(C(F)(F)F)c1)=C(\C(=O)O)C(=O)C(F)F. The van der Waals surface area contributed by atoms with Crippen molar-refractivity contribution >= 4 is 11.8 Å². The molecule has 0 radical (unpaired) electrons. The zero-order valence-corrected chi connectivity index (χ0v) is 10.8. The summed E-state index contributed by atoms with van der Waals surface area (Å²) in [6.07, 6.45) is -8.78. The summed E-state index contributed by atoms with van der Waals surface area (Å²) in [6, 6.07) is 3.74. The highest BCUT2D eigenvalue weighted by Crippen LogP contribution is 2.30. The second-order valence-electron chi connectivity index (χ2n) is 4.25. The van der Waals surface area contributed by atoms with Crippen molar-refractivity contribution in [3.63, 3.8) is 0 Å². The minimum absolute atomic E-state index is 0.0619. The van der Waals surface area contributed by atoms with Crippen molar-refractivity contribution < 1.29 is 36.6 Å². The molecule has 0 aliphatic carbocycles. The van der Waals surface area contributed by atoms with Gasteiger partial charge in [0.05, 0.1) is 5.56 Å². The normalized spacial score (nSPS) is 13.0. The van der Waals surface area contributed by atoms with Crippen molar-refractivity contribution in [1.29, 1.82) is 0 Å². The van der Waals surface area contributed by atoms with Crippen LogP contribution in [0.1, 0.15) is 11.1 Å². The molecule has 9 heteroatoms. The molecule has 3 N–H and O–H groups in total. The number of benzene rings is 1. The van der Waals surface area contributed by atoms with E-state index in [0.717, 1.165) is 12.1 Å². The van der Waals surface area contributed by atoms with Crippen molar-refractivity contribution in [2.45, 2.75) is 19.0 Å². The van der Waals surface area contributed by atoms with Gasteiger partial charge in [-0.05, 0) is 11.6 Å². The molecule has 22 heavy (non-hydrogen) atoms. The summed E-state index contributed by atoms with van der Waals surface area (Å²) in [6.45, 7) is 0. The molecule has 0 unspecified atom stereocenters. The maximum absolute atomic E-state index is 12.5. The molecule has 0 aliphatic heterocycles. The Labute approximate surface area is 121 Å². The molecule has 1 rings (SSSR count). The Morgan fingerprint density at radius 3 is 2.27 bits per heavy atom. The van der Waals surface area contributed by atoms with Crippen LogP contribution >= 0.6 is 0 Å². The van der Waals surface area contributed by atoms with Crippen LogP contribution < -0.4 is 5.73 Å². The van der Waals surface area contributed by atoms with Gasteiger partial charge in [-0.1, -0.05) is 18.2 Å². The number of carboxylic acid groups (broad SMARTS) is 1. The summed E-state index contributed by atoms with van der Waals surface area (Å²) in [5.74, 6) is -3.95. The monoisotopic (exact) mass is 323 g/mol. The number of allylic oxidation sites excluding steroid dienone is 1. The fourth-order valence-electron chi connectivity index (χ4n) is 1.68. The average Bonchev–Trinajstić information content (AvgIpc) is 2.37. The third kappa shape index (κ3) is 4.27. The molecule has 1 aromatic rings. The lowest BCUT2D eigenvalue weighted by atomic mass is 10.0. The third-order valence-electron chi connectivity index (χ3n) is 2.63. The third-order valence-corrected chi connectivity index (χ3v) is 2.63. The number of carboxylic acids is 1. The van der Waals surface area contributed by atoms with Crippen LogP contribution in [0.4, 0.5) is 22.0 Å². The smallest absolute Gasteiger partial charge is 0.416 e. The largest absolute Gasteiger partial charge is 0.477 e. The van der Waals surface area contributed by atoms with Gasteiger partial charge in [0.25, 0.3) is 0 Å². The topological polar surface area (TPSA) is 80.4 Å². The van der Waals surface area contributed by atoms with E-state index in [2.05, 4.69) is 0 Å². The number of ketones is 1. The van der Waals surface area contributed by atoms with Crippen molar-refractivity contribution in [3.05, 3.63) is 46.7 Å². The van der Waals surface area contributed by atoms with Crippen LogP contribution in [0.3, 0.4) is 0 Å². The second-order valence-corrected chi connectivity index (χ2v) is 4.25. The number of nitrogens with two attached hydrogens (primary N) is 1. The van der Waals surface area contributed by atoms with Gasteiger partial charge < -0.3 is 10.8 Å². The molecular weight excluding hydrogens is 313 g/mol. The van der Waals surface area contributed by atoms with Crippen LogP contribution in [-0.2, 0) is 22.2 Å². The van der Waals surface area contributed by atoms with Gasteiger partial charge in [-0.3, -0.25) is 4.79 Å². The fourth-order valence-corrected chi connectivity index (χ4v) is 1.68. The highest BCUT2D eigenvalue weighted by atomic mass is 19.4. The Kier molecular flexibility index (Phi) is 5.23. The van der Waals surface area contributed by atoms with E-state index in [1.54, 1.807) is 0 Å². The molecule has 0 heterocycles. The van der Waals surface area contributed by atoms with E-state index in [-0.39, 0.29) is 5.56 Å². The number of Topliss-reactive ketones (excluding diaryl/α,β-unsaturated/α-hetero) is 1. The van der Waals surface area contributed by atoms with E-state index >= 15 is 0 Å². The van der Waals surface area contributed by atoms with Crippen molar-refractivity contribution in [2.24, 2.45) is 5.73 Å². The van der Waals surface area contributed by atoms with Gasteiger partial charge in [0.15, 0.2) is 0 Å². The van der Waals surface area contributed by atoms with Gasteiger partial charge in [0, 0.05) is 12.1 Å². The summed E-state index contributed by atoms with van der Waals surface area (Å²) in [7, 11) is 0. The van der Waals surface area contributed by atoms with Gasteiger partial charge in [0.1, 0.15) is 5.57 Å². The molecule has 0 spiro atoms. The van der Waals surface area contributed by atoms with E-state index in [0.29, 0.717) is 6.07 Å². The van der Waals surface area contributed by atoms with Crippen molar-refractivity contribution in [3.8, 4) is 0 Å². The summed E-state index contributed by atoms with van der Waals surface area (Å²) < 4.78 is 62.2. The van der Waals surface area contributed by atoms with E-state index in [1.165, 1.54) is 6.07 Å². The first kappa shape index (κ1) is 17.6. The quantitative estimate of drug-likeness (QED) is 0.377. The van der Waals surface area contributed by atoms with E-state index < -0.39 is 47.6 Å².